The van der Waals surface area contributed by atoms with E-state index in [1.807, 2.05) is 31.2 Å². The molecule has 21 heavy (non-hydrogen) atoms. The highest BCUT2D eigenvalue weighted by molar-refractivity contribution is 7.15. The number of thiazole rings is 1. The van der Waals surface area contributed by atoms with E-state index in [4.69, 9.17) is 9.47 Å². The number of methoxy groups -OCH3 is 2. The summed E-state index contributed by atoms with van der Waals surface area (Å²) < 4.78 is 10.0. The van der Waals surface area contributed by atoms with Crippen LogP contribution in [-0.4, -0.2) is 31.7 Å². The van der Waals surface area contributed by atoms with E-state index in [2.05, 4.69) is 10.3 Å². The maximum atomic E-state index is 11.5. The van der Waals surface area contributed by atoms with Gasteiger partial charge in [0.2, 0.25) is 0 Å². The average Bonchev–Trinajstić information content (AvgIpc) is 2.88. The van der Waals surface area contributed by atoms with Crippen molar-refractivity contribution in [1.29, 1.82) is 0 Å². The van der Waals surface area contributed by atoms with Crippen molar-refractivity contribution in [1.82, 2.24) is 4.98 Å². The van der Waals surface area contributed by atoms with Crippen LogP contribution in [-0.2, 0) is 11.2 Å². The van der Waals surface area contributed by atoms with E-state index in [9.17, 15) is 4.79 Å². The fourth-order valence-electron chi connectivity index (χ4n) is 1.97. The van der Waals surface area contributed by atoms with Gasteiger partial charge in [-0.05, 0) is 25.0 Å². The summed E-state index contributed by atoms with van der Waals surface area (Å²) in [5.74, 6) is 0.478. The molecule has 0 saturated carbocycles. The third-order valence-electron chi connectivity index (χ3n) is 3.04. The van der Waals surface area contributed by atoms with Gasteiger partial charge < -0.3 is 14.8 Å². The highest BCUT2D eigenvalue weighted by atomic mass is 32.1. The number of aryl methyl sites for hydroxylation is 1. The molecule has 1 aromatic carbocycles. The van der Waals surface area contributed by atoms with Gasteiger partial charge in [-0.2, -0.15) is 0 Å². The molecular formula is C15H18N2O3S. The number of rotatable bonds is 6. The van der Waals surface area contributed by atoms with E-state index < -0.39 is 5.97 Å². The number of para-hydroxylation sites is 1. The molecule has 0 bridgehead atoms. The highest BCUT2D eigenvalue weighted by Gasteiger charge is 2.15. The van der Waals surface area contributed by atoms with Gasteiger partial charge in [0.05, 0.1) is 14.2 Å². The molecule has 2 rings (SSSR count). The van der Waals surface area contributed by atoms with Crippen LogP contribution in [0.5, 0.6) is 5.75 Å². The van der Waals surface area contributed by atoms with E-state index in [0.29, 0.717) is 12.2 Å². The molecule has 5 nitrogen and oxygen atoms in total. The molecule has 112 valence electrons. The lowest BCUT2D eigenvalue weighted by Crippen LogP contribution is -2.07. The number of aromatic nitrogens is 1. The van der Waals surface area contributed by atoms with Gasteiger partial charge in [0, 0.05) is 11.4 Å². The summed E-state index contributed by atoms with van der Waals surface area (Å²) in [6.45, 7) is 2.57. The van der Waals surface area contributed by atoms with Crippen LogP contribution in [0.4, 0.5) is 5.13 Å². The predicted octanol–water partition coefficient (Wildman–Crippen LogP) is 2.90. The van der Waals surface area contributed by atoms with Crippen molar-refractivity contribution in [3.05, 3.63) is 40.4 Å². The van der Waals surface area contributed by atoms with E-state index in [0.717, 1.165) is 27.7 Å². The number of hydrogen-bond acceptors (Lipinski definition) is 6. The largest absolute Gasteiger partial charge is 0.496 e. The Morgan fingerprint density at radius 2 is 2.10 bits per heavy atom. The van der Waals surface area contributed by atoms with Gasteiger partial charge in [-0.15, -0.1) is 11.3 Å². The predicted molar refractivity (Wildman–Crippen MR) is 83.4 cm³/mol. The lowest BCUT2D eigenvalue weighted by Gasteiger charge is -2.08. The molecule has 6 heteroatoms. The van der Waals surface area contributed by atoms with E-state index in [1.165, 1.54) is 18.4 Å². The van der Waals surface area contributed by atoms with E-state index >= 15 is 0 Å². The molecule has 0 spiro atoms. The van der Waals surface area contributed by atoms with Crippen molar-refractivity contribution in [2.75, 3.05) is 26.1 Å². The molecule has 0 amide bonds. The fraction of sp³-hybridized carbons (Fsp3) is 0.333. The van der Waals surface area contributed by atoms with Crippen LogP contribution >= 0.6 is 11.3 Å². The summed E-state index contributed by atoms with van der Waals surface area (Å²) in [4.78, 5) is 16.6. The second-order valence-electron chi connectivity index (χ2n) is 4.40. The number of esters is 1. The number of nitrogens with zero attached hydrogens (tertiary/aromatic N) is 1. The first kappa shape index (κ1) is 15.3. The molecule has 2 aromatic rings. The minimum absolute atomic E-state index is 0.377. The molecule has 0 unspecified atom stereocenters. The Morgan fingerprint density at radius 1 is 1.33 bits per heavy atom. The number of benzene rings is 1. The third kappa shape index (κ3) is 3.72. The molecule has 1 N–H and O–H groups in total. The van der Waals surface area contributed by atoms with Gasteiger partial charge in [-0.1, -0.05) is 18.2 Å². The molecule has 0 radical (unpaired) electrons. The minimum atomic E-state index is -0.401. The standard InChI is InChI=1S/C15H18N2O3S/c1-10-13(14(18)20-3)17-15(21-10)16-9-8-11-6-4-5-7-12(11)19-2/h4-7H,8-9H2,1-3H3,(H,16,17). The Labute approximate surface area is 127 Å². The zero-order chi connectivity index (χ0) is 15.2. The first-order valence-corrected chi connectivity index (χ1v) is 7.39. The van der Waals surface area contributed by atoms with E-state index in [1.54, 1.807) is 7.11 Å². The molecule has 1 aromatic heterocycles. The van der Waals surface area contributed by atoms with Crippen molar-refractivity contribution in [3.63, 3.8) is 0 Å². The molecule has 0 fully saturated rings. The Balaban J connectivity index is 1.96. The molecule has 0 aliphatic heterocycles. The van der Waals surface area contributed by atoms with Crippen molar-refractivity contribution >= 4 is 22.4 Å². The minimum Gasteiger partial charge on any atom is -0.496 e. The summed E-state index contributed by atoms with van der Waals surface area (Å²) in [6.07, 6.45) is 0.816. The third-order valence-corrected chi connectivity index (χ3v) is 3.97. The maximum absolute atomic E-state index is 11.5. The Hall–Kier alpha value is -2.08. The van der Waals surface area contributed by atoms with Crippen molar-refractivity contribution < 1.29 is 14.3 Å². The van der Waals surface area contributed by atoms with E-state index in [-0.39, 0.29) is 0 Å². The second-order valence-corrected chi connectivity index (χ2v) is 5.61. The van der Waals surface area contributed by atoms with Crippen LogP contribution in [0.25, 0.3) is 0 Å². The summed E-state index contributed by atoms with van der Waals surface area (Å²) in [7, 11) is 3.02. The number of anilines is 1. The number of carbonyl (C=O) groups is 1. The normalized spacial score (nSPS) is 10.2. The summed E-state index contributed by atoms with van der Waals surface area (Å²) in [5.41, 5.74) is 1.51. The van der Waals surface area contributed by atoms with Crippen molar-refractivity contribution in [2.45, 2.75) is 13.3 Å². The summed E-state index contributed by atoms with van der Waals surface area (Å²) >= 11 is 1.45. The smallest absolute Gasteiger partial charge is 0.357 e. The number of nitrogens with one attached hydrogen (secondary N) is 1. The van der Waals surface area contributed by atoms with Crippen LogP contribution in [0.15, 0.2) is 24.3 Å². The Kier molecular flexibility index (Phi) is 5.16. The lowest BCUT2D eigenvalue weighted by atomic mass is 10.1. The number of carbonyl (C=O) groups excluding carboxylic acids is 1. The number of hydrogen-bond donors (Lipinski definition) is 1. The zero-order valence-corrected chi connectivity index (χ0v) is 13.1. The number of ether oxygens (including phenoxy) is 2. The molecule has 1 heterocycles. The Bertz CT molecular complexity index is 625. The van der Waals surface area contributed by atoms with Gasteiger partial charge in [-0.25, -0.2) is 9.78 Å². The second kappa shape index (κ2) is 7.08. The average molecular weight is 306 g/mol. The highest BCUT2D eigenvalue weighted by Crippen LogP contribution is 2.23. The van der Waals surface area contributed by atoms with Crippen molar-refractivity contribution in [2.24, 2.45) is 0 Å². The first-order chi connectivity index (χ1) is 10.2. The Morgan fingerprint density at radius 3 is 2.81 bits per heavy atom. The van der Waals surface area contributed by atoms with Crippen molar-refractivity contribution in [3.8, 4) is 5.75 Å². The molecule has 0 aliphatic carbocycles. The molecule has 0 atom stereocenters. The monoisotopic (exact) mass is 306 g/mol. The van der Waals surface area contributed by atoms with Crippen LogP contribution in [0.3, 0.4) is 0 Å². The maximum Gasteiger partial charge on any atom is 0.357 e. The topological polar surface area (TPSA) is 60.5 Å². The van der Waals surface area contributed by atoms with Gasteiger partial charge >= 0.3 is 5.97 Å². The van der Waals surface area contributed by atoms with Crippen LogP contribution in [0, 0.1) is 6.92 Å². The zero-order valence-electron chi connectivity index (χ0n) is 12.3. The molecule has 0 aliphatic rings. The molecule has 0 saturated heterocycles. The van der Waals surface area contributed by atoms with Gasteiger partial charge in [0.15, 0.2) is 10.8 Å². The summed E-state index contributed by atoms with van der Waals surface area (Å²) in [5, 5.41) is 3.95. The molecular weight excluding hydrogens is 288 g/mol. The summed E-state index contributed by atoms with van der Waals surface area (Å²) in [6, 6.07) is 7.91. The van der Waals surface area contributed by atoms with Gasteiger partial charge in [0.25, 0.3) is 0 Å². The first-order valence-electron chi connectivity index (χ1n) is 6.57. The van der Waals surface area contributed by atoms with Gasteiger partial charge in [0.1, 0.15) is 5.75 Å². The fourth-order valence-corrected chi connectivity index (χ4v) is 2.80. The van der Waals surface area contributed by atoms with Crippen LogP contribution in [0.2, 0.25) is 0 Å². The lowest BCUT2D eigenvalue weighted by molar-refractivity contribution is 0.0594. The van der Waals surface area contributed by atoms with Gasteiger partial charge in [-0.3, -0.25) is 0 Å². The van der Waals surface area contributed by atoms with Crippen LogP contribution < -0.4 is 10.1 Å². The van der Waals surface area contributed by atoms with Crippen LogP contribution in [0.1, 0.15) is 20.9 Å². The quantitative estimate of drug-likeness (QED) is 0.832. The SMILES string of the molecule is COC(=O)c1nc(NCCc2ccccc2OC)sc1C.